The van der Waals surface area contributed by atoms with E-state index in [2.05, 4.69) is 37.9 Å². The summed E-state index contributed by atoms with van der Waals surface area (Å²) in [7, 11) is 0. The van der Waals surface area contributed by atoms with Crippen LogP contribution in [-0.2, 0) is 16.1 Å². The molecule has 0 radical (unpaired) electrons. The van der Waals surface area contributed by atoms with Crippen molar-refractivity contribution < 1.29 is 9.53 Å². The molecule has 0 aliphatic heterocycles. The molecule has 1 aromatic rings. The van der Waals surface area contributed by atoms with Gasteiger partial charge in [0, 0.05) is 5.75 Å². The van der Waals surface area contributed by atoms with Gasteiger partial charge >= 0.3 is 5.97 Å². The van der Waals surface area contributed by atoms with E-state index in [0.717, 1.165) is 5.56 Å². The van der Waals surface area contributed by atoms with Crippen LogP contribution < -0.4 is 0 Å². The van der Waals surface area contributed by atoms with Crippen LogP contribution in [-0.4, -0.2) is 15.8 Å². The number of hydrogen-bond donors (Lipinski definition) is 3. The van der Waals surface area contributed by atoms with Gasteiger partial charge < -0.3 is 4.74 Å². The van der Waals surface area contributed by atoms with Gasteiger partial charge in [-0.25, -0.2) is 4.79 Å². The van der Waals surface area contributed by atoms with Gasteiger partial charge in [-0.3, -0.25) is 0 Å². The Balaban J connectivity index is 2.48. The highest BCUT2D eigenvalue weighted by atomic mass is 32.2. The zero-order chi connectivity index (χ0) is 11.3. The Hall–Kier alpha value is -0.260. The van der Waals surface area contributed by atoms with Crippen molar-refractivity contribution in [3.63, 3.8) is 0 Å². The van der Waals surface area contributed by atoms with E-state index in [1.807, 2.05) is 30.3 Å². The van der Waals surface area contributed by atoms with Crippen LogP contribution in [0.25, 0.3) is 0 Å². The van der Waals surface area contributed by atoms with Gasteiger partial charge in [-0.15, -0.1) is 25.3 Å². The van der Waals surface area contributed by atoms with Crippen molar-refractivity contribution in [1.82, 2.24) is 0 Å². The standard InChI is InChI=1S/C10H12O2S3/c11-9(10(14,15)7-13)12-6-8-4-2-1-3-5-8/h1-5,13-15H,6-7H2. The zero-order valence-electron chi connectivity index (χ0n) is 7.96. The van der Waals surface area contributed by atoms with Crippen LogP contribution in [0.2, 0.25) is 0 Å². The fourth-order valence-corrected chi connectivity index (χ4v) is 1.16. The summed E-state index contributed by atoms with van der Waals surface area (Å²) in [6, 6.07) is 9.44. The molecule has 82 valence electrons. The minimum atomic E-state index is -1.13. The summed E-state index contributed by atoms with van der Waals surface area (Å²) in [5.41, 5.74) is 0.933. The summed E-state index contributed by atoms with van der Waals surface area (Å²) in [6.45, 7) is 0.232. The van der Waals surface area contributed by atoms with Crippen LogP contribution in [0.3, 0.4) is 0 Å². The molecule has 0 aliphatic carbocycles. The fourth-order valence-electron chi connectivity index (χ4n) is 0.903. The molecule has 0 aliphatic rings. The first-order valence-electron chi connectivity index (χ1n) is 4.33. The Kier molecular flexibility index (Phi) is 4.89. The monoisotopic (exact) mass is 260 g/mol. The summed E-state index contributed by atoms with van der Waals surface area (Å²) in [5, 5.41) is 0. The van der Waals surface area contributed by atoms with Crippen LogP contribution in [0.4, 0.5) is 0 Å². The topological polar surface area (TPSA) is 26.3 Å². The van der Waals surface area contributed by atoms with Crippen LogP contribution in [0.1, 0.15) is 5.56 Å². The molecule has 1 aromatic carbocycles. The van der Waals surface area contributed by atoms with Crippen LogP contribution in [0, 0.1) is 0 Å². The third-order valence-electron chi connectivity index (χ3n) is 1.76. The van der Waals surface area contributed by atoms with Crippen molar-refractivity contribution in [2.24, 2.45) is 0 Å². The first-order chi connectivity index (χ1) is 7.06. The zero-order valence-corrected chi connectivity index (χ0v) is 10.6. The average molecular weight is 260 g/mol. The smallest absolute Gasteiger partial charge is 0.333 e. The fraction of sp³-hybridized carbons (Fsp3) is 0.300. The lowest BCUT2D eigenvalue weighted by Gasteiger charge is -2.17. The second kappa shape index (κ2) is 5.72. The lowest BCUT2D eigenvalue weighted by Crippen LogP contribution is -2.30. The maximum atomic E-state index is 11.4. The first-order valence-corrected chi connectivity index (χ1v) is 5.86. The molecule has 2 nitrogen and oxygen atoms in total. The Morgan fingerprint density at radius 2 is 1.87 bits per heavy atom. The van der Waals surface area contributed by atoms with E-state index in [1.54, 1.807) is 0 Å². The average Bonchev–Trinajstić information content (AvgIpc) is 2.27. The van der Waals surface area contributed by atoms with Gasteiger partial charge in [-0.2, -0.15) is 12.6 Å². The lowest BCUT2D eigenvalue weighted by atomic mass is 10.2. The van der Waals surface area contributed by atoms with Gasteiger partial charge in [0.1, 0.15) is 6.61 Å². The van der Waals surface area contributed by atoms with Crippen LogP contribution >= 0.6 is 37.9 Å². The normalized spacial score (nSPS) is 11.1. The summed E-state index contributed by atoms with van der Waals surface area (Å²) < 4.78 is 3.92. The second-order valence-corrected chi connectivity index (χ2v) is 5.23. The van der Waals surface area contributed by atoms with Gasteiger partial charge in [-0.1, -0.05) is 30.3 Å². The highest BCUT2D eigenvalue weighted by Gasteiger charge is 2.30. The third-order valence-corrected chi connectivity index (χ3v) is 3.41. The summed E-state index contributed by atoms with van der Waals surface area (Å²) >= 11 is 12.0. The molecule has 0 saturated heterocycles. The largest absolute Gasteiger partial charge is 0.459 e. The first kappa shape index (κ1) is 12.8. The molecule has 0 heterocycles. The van der Waals surface area contributed by atoms with Crippen molar-refractivity contribution in [2.75, 3.05) is 5.75 Å². The Morgan fingerprint density at radius 1 is 1.27 bits per heavy atom. The van der Waals surface area contributed by atoms with E-state index in [0.29, 0.717) is 0 Å². The van der Waals surface area contributed by atoms with Crippen molar-refractivity contribution >= 4 is 43.9 Å². The molecular formula is C10H12O2S3. The molecule has 0 bridgehead atoms. The third kappa shape index (κ3) is 4.01. The Labute approximate surface area is 106 Å². The number of ether oxygens (including phenoxy) is 1. The molecule has 0 fully saturated rings. The van der Waals surface area contributed by atoms with Crippen molar-refractivity contribution in [3.05, 3.63) is 35.9 Å². The molecule has 1 rings (SSSR count). The summed E-state index contributed by atoms with van der Waals surface area (Å²) in [6.07, 6.45) is 0. The number of rotatable bonds is 4. The molecule has 0 unspecified atom stereocenters. The molecule has 0 N–H and O–H groups in total. The summed E-state index contributed by atoms with van der Waals surface area (Å²) in [4.78, 5) is 11.4. The van der Waals surface area contributed by atoms with Crippen LogP contribution in [0.15, 0.2) is 30.3 Å². The molecule has 0 atom stereocenters. The quantitative estimate of drug-likeness (QED) is 0.440. The van der Waals surface area contributed by atoms with Crippen LogP contribution in [0.5, 0.6) is 0 Å². The molecule has 5 heteroatoms. The Morgan fingerprint density at radius 3 is 2.40 bits per heavy atom. The van der Waals surface area contributed by atoms with E-state index in [1.165, 1.54) is 0 Å². The molecule has 0 aromatic heterocycles. The number of carbonyl (C=O) groups is 1. The van der Waals surface area contributed by atoms with E-state index >= 15 is 0 Å². The van der Waals surface area contributed by atoms with E-state index in [9.17, 15) is 4.79 Å². The van der Waals surface area contributed by atoms with Crippen molar-refractivity contribution in [2.45, 2.75) is 10.7 Å². The number of hydrogen-bond acceptors (Lipinski definition) is 5. The highest BCUT2D eigenvalue weighted by Crippen LogP contribution is 2.23. The predicted molar refractivity (Wildman–Crippen MR) is 70.8 cm³/mol. The summed E-state index contributed by atoms with van der Waals surface area (Å²) in [5.74, 6) is -0.264. The maximum absolute atomic E-state index is 11.4. The maximum Gasteiger partial charge on any atom is 0.333 e. The Bertz CT molecular complexity index is 325. The number of benzene rings is 1. The molecule has 0 spiro atoms. The SMILES string of the molecule is O=C(OCc1ccccc1)C(S)(S)CS. The van der Waals surface area contributed by atoms with E-state index < -0.39 is 10.0 Å². The van der Waals surface area contributed by atoms with Crippen molar-refractivity contribution in [3.8, 4) is 0 Å². The van der Waals surface area contributed by atoms with Gasteiger partial charge in [0.25, 0.3) is 0 Å². The van der Waals surface area contributed by atoms with Gasteiger partial charge in [-0.05, 0) is 5.56 Å². The molecule has 0 amide bonds. The number of thiol groups is 3. The predicted octanol–water partition coefficient (Wildman–Crippen LogP) is 2.22. The number of carbonyl (C=O) groups excluding carboxylic acids is 1. The van der Waals surface area contributed by atoms with E-state index in [-0.39, 0.29) is 12.4 Å². The van der Waals surface area contributed by atoms with Gasteiger partial charge in [0.05, 0.1) is 0 Å². The second-order valence-electron chi connectivity index (χ2n) is 3.04. The van der Waals surface area contributed by atoms with Gasteiger partial charge in [0.2, 0.25) is 0 Å². The molecular weight excluding hydrogens is 248 g/mol. The van der Waals surface area contributed by atoms with Crippen molar-refractivity contribution in [1.29, 1.82) is 0 Å². The van der Waals surface area contributed by atoms with E-state index in [4.69, 9.17) is 4.74 Å². The minimum absolute atomic E-state index is 0.215. The van der Waals surface area contributed by atoms with Gasteiger partial charge in [0.15, 0.2) is 4.08 Å². The minimum Gasteiger partial charge on any atom is -0.459 e. The lowest BCUT2D eigenvalue weighted by molar-refractivity contribution is -0.144. The number of esters is 1. The highest BCUT2D eigenvalue weighted by molar-refractivity contribution is 8.03. The molecule has 0 saturated carbocycles. The molecule has 15 heavy (non-hydrogen) atoms.